The summed E-state index contributed by atoms with van der Waals surface area (Å²) in [5.41, 5.74) is 2.77. The molecule has 5 heteroatoms. The molecule has 0 radical (unpaired) electrons. The fraction of sp³-hybridized carbons (Fsp3) is 0.471. The summed E-state index contributed by atoms with van der Waals surface area (Å²) in [6.07, 6.45) is 4.54. The van der Waals surface area contributed by atoms with Crippen molar-refractivity contribution >= 4 is 5.91 Å². The average Bonchev–Trinajstić information content (AvgIpc) is 2.50. The molecule has 4 nitrogen and oxygen atoms in total. The summed E-state index contributed by atoms with van der Waals surface area (Å²) in [5, 5.41) is 0. The minimum absolute atomic E-state index is 0.162. The molecule has 1 aromatic rings. The van der Waals surface area contributed by atoms with Gasteiger partial charge in [-0.25, -0.2) is 10.3 Å². The first-order chi connectivity index (χ1) is 10.6. The van der Waals surface area contributed by atoms with Gasteiger partial charge >= 0.3 is 0 Å². The fourth-order valence-electron chi connectivity index (χ4n) is 2.60. The van der Waals surface area contributed by atoms with E-state index in [4.69, 9.17) is 9.57 Å². The van der Waals surface area contributed by atoms with Crippen molar-refractivity contribution in [1.82, 2.24) is 5.48 Å². The number of amides is 1. The number of halogens is 1. The van der Waals surface area contributed by atoms with E-state index < -0.39 is 11.7 Å². The summed E-state index contributed by atoms with van der Waals surface area (Å²) in [6.45, 7) is 1.90. The van der Waals surface area contributed by atoms with Crippen molar-refractivity contribution in [3.63, 3.8) is 0 Å². The second-order valence-electron chi connectivity index (χ2n) is 5.47. The topological polar surface area (TPSA) is 47.6 Å². The van der Waals surface area contributed by atoms with Crippen LogP contribution in [0.25, 0.3) is 0 Å². The summed E-state index contributed by atoms with van der Waals surface area (Å²) < 4.78 is 18.0. The van der Waals surface area contributed by atoms with Gasteiger partial charge in [0, 0.05) is 24.5 Å². The van der Waals surface area contributed by atoms with E-state index in [9.17, 15) is 9.18 Å². The van der Waals surface area contributed by atoms with Gasteiger partial charge in [-0.15, -0.1) is 4.39 Å². The predicted molar refractivity (Wildman–Crippen MR) is 80.1 cm³/mol. The zero-order valence-corrected chi connectivity index (χ0v) is 12.8. The number of carbonyl (C=O) groups is 1. The molecule has 2 unspecified atom stereocenters. The molecule has 2 atom stereocenters. The summed E-state index contributed by atoms with van der Waals surface area (Å²) in [5.74, 6) is 0.597. The molecule has 118 valence electrons. The molecule has 1 aliphatic rings. The Labute approximate surface area is 129 Å². The number of methoxy groups -OCH3 is 1. The van der Waals surface area contributed by atoms with Crippen LogP contribution in [0.3, 0.4) is 0 Å². The quantitative estimate of drug-likeness (QED) is 0.499. The van der Waals surface area contributed by atoms with Crippen LogP contribution in [-0.4, -0.2) is 18.8 Å². The highest BCUT2D eigenvalue weighted by Crippen LogP contribution is 2.40. The van der Waals surface area contributed by atoms with Crippen molar-refractivity contribution in [3.05, 3.63) is 35.9 Å². The number of benzene rings is 1. The van der Waals surface area contributed by atoms with Crippen molar-refractivity contribution in [2.45, 2.75) is 32.0 Å². The van der Waals surface area contributed by atoms with Crippen molar-refractivity contribution < 1.29 is 18.8 Å². The van der Waals surface area contributed by atoms with Gasteiger partial charge in [0.25, 0.3) is 11.7 Å². The second kappa shape index (κ2) is 7.39. The lowest BCUT2D eigenvalue weighted by atomic mass is 9.73. The van der Waals surface area contributed by atoms with Crippen LogP contribution < -0.4 is 5.48 Å². The molecule has 1 amide bonds. The minimum Gasteiger partial charge on any atom is -0.341 e. The first kappa shape index (κ1) is 16.5. The van der Waals surface area contributed by atoms with Gasteiger partial charge in [0.15, 0.2) is 0 Å². The van der Waals surface area contributed by atoms with Crippen LogP contribution in [0.4, 0.5) is 4.39 Å². The van der Waals surface area contributed by atoms with Crippen LogP contribution in [0.1, 0.15) is 36.5 Å². The van der Waals surface area contributed by atoms with E-state index in [1.54, 1.807) is 24.3 Å². The third-order valence-corrected chi connectivity index (χ3v) is 4.31. The van der Waals surface area contributed by atoms with Crippen LogP contribution in [0.2, 0.25) is 0 Å². The maximum atomic E-state index is 12.6. The van der Waals surface area contributed by atoms with Crippen LogP contribution >= 0.6 is 0 Å². The minimum atomic E-state index is -1.48. The molecule has 22 heavy (non-hydrogen) atoms. The van der Waals surface area contributed by atoms with Crippen molar-refractivity contribution in [2.75, 3.05) is 7.11 Å². The zero-order chi connectivity index (χ0) is 16.0. The Balaban J connectivity index is 2.09. The Morgan fingerprint density at radius 2 is 2.09 bits per heavy atom. The molecule has 1 saturated carbocycles. The Morgan fingerprint density at radius 3 is 2.59 bits per heavy atom. The van der Waals surface area contributed by atoms with E-state index in [-0.39, 0.29) is 5.92 Å². The van der Waals surface area contributed by atoms with E-state index in [1.165, 1.54) is 13.3 Å². The van der Waals surface area contributed by atoms with Crippen LogP contribution in [0.5, 0.6) is 0 Å². The number of carbonyl (C=O) groups excluding carboxylic acids is 1. The van der Waals surface area contributed by atoms with E-state index in [0.29, 0.717) is 11.5 Å². The van der Waals surface area contributed by atoms with Gasteiger partial charge in [-0.05, 0) is 30.9 Å². The number of hydrogen-bond donors (Lipinski definition) is 1. The van der Waals surface area contributed by atoms with Gasteiger partial charge in [0.1, 0.15) is 6.17 Å². The standard InChI is InChI=1S/C17H20FNO3/c1-13(14-9-6-10-14)17(21-2,11-12-18)22-19-16(20)15-7-4-3-5-8-15/h3-5,7-8,13-14H,6,9-10H2,1-2H3,(H,19,20). The molecule has 0 aromatic heterocycles. The Hall–Kier alpha value is -1.90. The molecule has 1 aromatic carbocycles. The molecular formula is C17H20FNO3. The molecule has 0 bridgehead atoms. The van der Waals surface area contributed by atoms with Gasteiger partial charge in [-0.2, -0.15) is 0 Å². The highest BCUT2D eigenvalue weighted by atomic mass is 19.1. The highest BCUT2D eigenvalue weighted by Gasteiger charge is 2.44. The molecule has 0 spiro atoms. The van der Waals surface area contributed by atoms with E-state index in [2.05, 4.69) is 11.4 Å². The lowest BCUT2D eigenvalue weighted by Crippen LogP contribution is -2.49. The molecule has 0 aliphatic heterocycles. The monoisotopic (exact) mass is 305 g/mol. The summed E-state index contributed by atoms with van der Waals surface area (Å²) in [4.78, 5) is 17.5. The first-order valence-electron chi connectivity index (χ1n) is 7.34. The zero-order valence-electron chi connectivity index (χ0n) is 12.8. The van der Waals surface area contributed by atoms with E-state index in [0.717, 1.165) is 19.3 Å². The summed E-state index contributed by atoms with van der Waals surface area (Å²) in [6, 6.07) is 8.62. The molecule has 1 N–H and O–H groups in total. The number of ether oxygens (including phenoxy) is 1. The van der Waals surface area contributed by atoms with Gasteiger partial charge < -0.3 is 4.74 Å². The maximum absolute atomic E-state index is 12.6. The number of hydroxylamine groups is 1. The first-order valence-corrected chi connectivity index (χ1v) is 7.34. The Morgan fingerprint density at radius 1 is 1.41 bits per heavy atom. The Bertz CT molecular complexity index is 562. The third-order valence-electron chi connectivity index (χ3n) is 4.31. The van der Waals surface area contributed by atoms with Gasteiger partial charge in [-0.3, -0.25) is 4.79 Å². The van der Waals surface area contributed by atoms with Gasteiger partial charge in [0.2, 0.25) is 0 Å². The van der Waals surface area contributed by atoms with Crippen molar-refractivity contribution in [2.24, 2.45) is 11.8 Å². The number of nitrogens with one attached hydrogen (secondary N) is 1. The third kappa shape index (κ3) is 3.46. The number of hydrogen-bond acceptors (Lipinski definition) is 3. The van der Waals surface area contributed by atoms with Crippen LogP contribution in [-0.2, 0) is 9.57 Å². The summed E-state index contributed by atoms with van der Waals surface area (Å²) >= 11 is 0. The molecule has 2 rings (SSSR count). The van der Waals surface area contributed by atoms with Crippen LogP contribution in [0, 0.1) is 23.9 Å². The van der Waals surface area contributed by atoms with Gasteiger partial charge in [-0.1, -0.05) is 31.5 Å². The Kier molecular flexibility index (Phi) is 5.53. The molecule has 0 heterocycles. The molecule has 1 aliphatic carbocycles. The van der Waals surface area contributed by atoms with Crippen LogP contribution in [0.15, 0.2) is 30.3 Å². The fourth-order valence-corrected chi connectivity index (χ4v) is 2.60. The summed E-state index contributed by atoms with van der Waals surface area (Å²) in [7, 11) is 1.40. The maximum Gasteiger partial charge on any atom is 0.274 e. The highest BCUT2D eigenvalue weighted by molar-refractivity contribution is 5.93. The number of rotatable bonds is 6. The lowest BCUT2D eigenvalue weighted by Gasteiger charge is -2.40. The van der Waals surface area contributed by atoms with Crippen molar-refractivity contribution in [1.29, 1.82) is 0 Å². The molecular weight excluding hydrogens is 285 g/mol. The molecule has 0 saturated heterocycles. The van der Waals surface area contributed by atoms with E-state index >= 15 is 0 Å². The average molecular weight is 305 g/mol. The van der Waals surface area contributed by atoms with Gasteiger partial charge in [0.05, 0.1) is 0 Å². The second-order valence-corrected chi connectivity index (χ2v) is 5.47. The largest absolute Gasteiger partial charge is 0.341 e. The smallest absolute Gasteiger partial charge is 0.274 e. The normalized spacial score (nSPS) is 18.3. The SMILES string of the molecule is COC(C#CF)(ONC(=O)c1ccccc1)C(C)C1CCC1. The van der Waals surface area contributed by atoms with Crippen molar-refractivity contribution in [3.8, 4) is 12.1 Å². The lowest BCUT2D eigenvalue weighted by molar-refractivity contribution is -0.246. The predicted octanol–water partition coefficient (Wildman–Crippen LogP) is 3.06. The van der Waals surface area contributed by atoms with E-state index in [1.807, 2.05) is 13.0 Å². The molecule has 1 fully saturated rings.